The zero-order valence-electron chi connectivity index (χ0n) is 27.4. The first-order valence-corrected chi connectivity index (χ1v) is 10.9. The van der Waals surface area contributed by atoms with Crippen molar-refractivity contribution in [1.29, 1.82) is 0 Å². The van der Waals surface area contributed by atoms with Crippen LogP contribution >= 0.6 is 0 Å². The van der Waals surface area contributed by atoms with Crippen molar-refractivity contribution in [2.24, 2.45) is 6.98 Å². The number of aromatic nitrogens is 6. The Hall–Kier alpha value is -4.12. The van der Waals surface area contributed by atoms with Gasteiger partial charge in [-0.25, -0.2) is 19.3 Å². The third-order valence-corrected chi connectivity index (χ3v) is 5.65. The van der Waals surface area contributed by atoms with Crippen LogP contribution < -0.4 is 5.32 Å². The topological polar surface area (TPSA) is 103 Å². The highest BCUT2D eigenvalue weighted by molar-refractivity contribution is 5.92. The molecule has 1 amide bonds. The molecule has 0 saturated carbocycles. The number of aryl methyl sites for hydroxylation is 3. The Balaban J connectivity index is 1.58. The first-order valence-electron chi connectivity index (χ1n) is 14.9. The molecule has 4 heterocycles. The number of benzene rings is 1. The van der Waals surface area contributed by atoms with Crippen LogP contribution in [-0.2, 0) is 24.8 Å². The maximum Gasteiger partial charge on any atom is 0.290 e. The lowest BCUT2D eigenvalue weighted by Gasteiger charge is -2.35. The van der Waals surface area contributed by atoms with E-state index in [1.54, 1.807) is 0 Å². The number of hydrogen-bond donors (Lipinski definition) is 1. The number of amides is 1. The molecule has 0 saturated heterocycles. The van der Waals surface area contributed by atoms with Crippen LogP contribution in [-0.4, -0.2) is 59.9 Å². The Morgan fingerprint density at radius 2 is 2.19 bits per heavy atom. The van der Waals surface area contributed by atoms with Gasteiger partial charge in [0.2, 0.25) is 5.95 Å². The van der Waals surface area contributed by atoms with Gasteiger partial charge in [-0.2, -0.15) is 5.10 Å². The van der Waals surface area contributed by atoms with E-state index in [9.17, 15) is 9.18 Å². The molecule has 1 N–H and O–H groups in total. The van der Waals surface area contributed by atoms with Gasteiger partial charge < -0.3 is 19.5 Å². The van der Waals surface area contributed by atoms with E-state index in [0.717, 1.165) is 21.8 Å². The molecular weight excluding hydrogens is 463 g/mol. The van der Waals surface area contributed by atoms with Crippen LogP contribution in [0.2, 0.25) is 0 Å². The molecule has 0 fully saturated rings. The minimum absolute atomic E-state index is 0.0183. The van der Waals surface area contributed by atoms with Gasteiger partial charge in [-0.1, -0.05) is 12.1 Å². The number of imidazole rings is 1. The average molecular weight is 499 g/mol. The van der Waals surface area contributed by atoms with Crippen LogP contribution in [0.3, 0.4) is 0 Å². The quantitative estimate of drug-likeness (QED) is 0.417. The van der Waals surface area contributed by atoms with Crippen LogP contribution in [0.25, 0.3) is 11.4 Å². The second-order valence-electron chi connectivity index (χ2n) is 8.17. The van der Waals surface area contributed by atoms with Crippen molar-refractivity contribution in [3.63, 3.8) is 0 Å². The fraction of sp³-hybridized carbons (Fsp3) is 0.320. The van der Waals surface area contributed by atoms with Crippen molar-refractivity contribution < 1.29 is 24.9 Å². The largest absolute Gasteiger partial charge is 0.382 e. The average Bonchev–Trinajstić information content (AvgIpc) is 3.57. The Labute approximate surface area is 219 Å². The van der Waals surface area contributed by atoms with Gasteiger partial charge in [0.1, 0.15) is 17.3 Å². The second-order valence-corrected chi connectivity index (χ2v) is 8.17. The molecule has 10 nitrogen and oxygen atoms in total. The number of methoxy groups -OCH3 is 1. The highest BCUT2D eigenvalue weighted by atomic mass is 19.1. The van der Waals surface area contributed by atoms with Crippen molar-refractivity contribution in [3.05, 3.63) is 71.2 Å². The van der Waals surface area contributed by atoms with Crippen LogP contribution in [0.4, 0.5) is 16.2 Å². The van der Waals surface area contributed by atoms with E-state index in [4.69, 9.17) is 15.7 Å². The summed E-state index contributed by atoms with van der Waals surface area (Å²) in [5, 5.41) is 6.50. The highest BCUT2D eigenvalue weighted by Crippen LogP contribution is 2.27. The molecule has 0 aliphatic carbocycles. The second kappa shape index (κ2) is 9.50. The predicted octanol–water partition coefficient (Wildman–Crippen LogP) is 3.24. The summed E-state index contributed by atoms with van der Waals surface area (Å²) in [7, 11) is 1.40. The normalized spacial score (nSPS) is 19.7. The number of carbonyl (C=O) groups excluding carboxylic acids is 1. The Bertz CT molecular complexity index is 1720. The van der Waals surface area contributed by atoms with E-state index >= 15 is 0 Å². The number of ether oxygens (including phenoxy) is 1. The molecule has 1 aliphatic heterocycles. The lowest BCUT2D eigenvalue weighted by molar-refractivity contribution is 0.0380. The predicted molar refractivity (Wildman–Crippen MR) is 131 cm³/mol. The maximum atomic E-state index is 14.4. The van der Waals surface area contributed by atoms with Gasteiger partial charge in [0.15, 0.2) is 5.82 Å². The summed E-state index contributed by atoms with van der Waals surface area (Å²) >= 11 is 0. The summed E-state index contributed by atoms with van der Waals surface area (Å²) in [4.78, 5) is 27.5. The number of carbonyl (C=O) groups is 1. The van der Waals surface area contributed by atoms with Crippen molar-refractivity contribution in [2.45, 2.75) is 32.9 Å². The van der Waals surface area contributed by atoms with Crippen molar-refractivity contribution in [1.82, 2.24) is 34.2 Å². The van der Waals surface area contributed by atoms with Crippen LogP contribution in [0, 0.1) is 19.6 Å². The molecule has 1 aromatic carbocycles. The number of anilines is 2. The summed E-state index contributed by atoms with van der Waals surface area (Å²) < 4.78 is 86.5. The van der Waals surface area contributed by atoms with E-state index in [-0.39, 0.29) is 53.3 Å². The molecule has 11 heteroatoms. The van der Waals surface area contributed by atoms with Crippen LogP contribution in [0.5, 0.6) is 0 Å². The number of halogens is 1. The molecule has 0 radical (unpaired) electrons. The van der Waals surface area contributed by atoms with Crippen LogP contribution in [0.15, 0.2) is 42.9 Å². The van der Waals surface area contributed by atoms with Gasteiger partial charge in [-0.05, 0) is 36.5 Å². The number of nitrogens with one attached hydrogen (secondary N) is 1. The number of rotatable bonds is 7. The van der Waals surface area contributed by atoms with Gasteiger partial charge in [0.25, 0.3) is 5.91 Å². The Kier molecular flexibility index (Phi) is 4.17. The summed E-state index contributed by atoms with van der Waals surface area (Å²) in [5.41, 5.74) is -0.228. The Morgan fingerprint density at radius 3 is 2.97 bits per heavy atom. The van der Waals surface area contributed by atoms with Gasteiger partial charge in [-0.3, -0.25) is 9.48 Å². The summed E-state index contributed by atoms with van der Waals surface area (Å²) in [6.07, 6.45) is 3.73. The van der Waals surface area contributed by atoms with E-state index in [0.29, 0.717) is 5.56 Å². The summed E-state index contributed by atoms with van der Waals surface area (Å²) in [6, 6.07) is 4.39. The monoisotopic (exact) mass is 498 g/mol. The first-order chi connectivity index (χ1) is 20.5. The fourth-order valence-corrected chi connectivity index (χ4v) is 3.84. The minimum Gasteiger partial charge on any atom is -0.382 e. The molecule has 5 rings (SSSR count). The number of hydrogen-bond acceptors (Lipinski definition) is 7. The fourth-order valence-electron chi connectivity index (χ4n) is 3.84. The van der Waals surface area contributed by atoms with Crippen molar-refractivity contribution in [2.75, 3.05) is 19.0 Å². The van der Waals surface area contributed by atoms with Crippen molar-refractivity contribution in [3.8, 4) is 11.4 Å². The van der Waals surface area contributed by atoms with Gasteiger partial charge in [0.05, 0.1) is 27.3 Å². The van der Waals surface area contributed by atoms with Gasteiger partial charge in [0, 0.05) is 53.8 Å². The zero-order chi connectivity index (χ0) is 32.2. The standard InChI is InChI=1S/C25H27FN8O2/c1-15-5-6-17(9-19(15)26)11-34-18(14-36-4)12-33-13-20(29-23(33)24(34)35)22-16(2)10-27-25(31-22)30-21-7-8-28-32(21)3/h5-10,13,18H,11-12,14H2,1-4H3,(H,27,30,31)/i2D3,3D3,11D2. The van der Waals surface area contributed by atoms with Crippen LogP contribution in [0.1, 0.15) is 38.3 Å². The smallest absolute Gasteiger partial charge is 0.290 e. The molecule has 0 spiro atoms. The number of nitrogens with zero attached hydrogens (tertiary/aromatic N) is 7. The molecule has 1 unspecified atom stereocenters. The van der Waals surface area contributed by atoms with E-state index < -0.39 is 38.1 Å². The highest BCUT2D eigenvalue weighted by Gasteiger charge is 2.35. The maximum absolute atomic E-state index is 14.4. The lowest BCUT2D eigenvalue weighted by atomic mass is 10.1. The molecule has 186 valence electrons. The molecule has 1 atom stereocenters. The molecular formula is C25H27FN8O2. The minimum atomic E-state index is -2.69. The molecule has 1 aliphatic rings. The van der Waals surface area contributed by atoms with Gasteiger partial charge >= 0.3 is 0 Å². The van der Waals surface area contributed by atoms with Gasteiger partial charge in [-0.15, -0.1) is 0 Å². The number of fused-ring (bicyclic) bond motifs is 1. The lowest BCUT2D eigenvalue weighted by Crippen LogP contribution is -2.49. The van der Waals surface area contributed by atoms with Crippen molar-refractivity contribution >= 4 is 17.7 Å². The Morgan fingerprint density at radius 1 is 1.31 bits per heavy atom. The molecule has 0 bridgehead atoms. The van der Waals surface area contributed by atoms with E-state index in [1.165, 1.54) is 49.2 Å². The SMILES string of the molecule is [2H]C([2H])([2H])c1cnc(Nc2ccnn2C([2H])([2H])[2H])nc1-c1cn2c(n1)C(=O)N(C([2H])([2H])c1ccc(C)c(F)c1)C(COC)C2. The summed E-state index contributed by atoms with van der Waals surface area (Å²) in [5.74, 6) is -1.80. The molecule has 36 heavy (non-hydrogen) atoms. The van der Waals surface area contributed by atoms with E-state index in [1.807, 2.05) is 0 Å². The zero-order valence-corrected chi connectivity index (χ0v) is 19.4. The first kappa shape index (κ1) is 15.8. The van der Waals surface area contributed by atoms with E-state index in [2.05, 4.69) is 25.4 Å². The molecule has 4 aromatic rings. The third-order valence-electron chi connectivity index (χ3n) is 5.65. The third kappa shape index (κ3) is 4.44. The molecule has 3 aromatic heterocycles. The summed E-state index contributed by atoms with van der Waals surface area (Å²) in [6.45, 7) is -6.28.